The lowest BCUT2D eigenvalue weighted by Gasteiger charge is -2.23. The molecule has 0 aromatic heterocycles. The molecule has 1 aromatic rings. The Labute approximate surface area is 108 Å². The van der Waals surface area contributed by atoms with Gasteiger partial charge in [-0.25, -0.2) is 8.42 Å². The molecule has 1 atom stereocenters. The molecule has 0 radical (unpaired) electrons. The first-order valence-electron chi connectivity index (χ1n) is 5.96. The lowest BCUT2D eigenvalue weighted by Crippen LogP contribution is -2.40. The molecule has 0 bridgehead atoms. The van der Waals surface area contributed by atoms with Gasteiger partial charge in [0.15, 0.2) is 0 Å². The third-order valence-corrected chi connectivity index (χ3v) is 4.36. The summed E-state index contributed by atoms with van der Waals surface area (Å²) in [6, 6.07) is 8.36. The van der Waals surface area contributed by atoms with Crippen LogP contribution in [0.4, 0.5) is 0 Å². The molecule has 1 fully saturated rings. The first-order chi connectivity index (χ1) is 8.59. The molecule has 6 heteroatoms. The van der Waals surface area contributed by atoms with E-state index in [0.717, 1.165) is 19.4 Å². The van der Waals surface area contributed by atoms with Crippen LogP contribution in [-0.4, -0.2) is 39.9 Å². The van der Waals surface area contributed by atoms with Gasteiger partial charge in [-0.2, -0.15) is 4.72 Å². The van der Waals surface area contributed by atoms with Gasteiger partial charge in [-0.1, -0.05) is 18.2 Å². The van der Waals surface area contributed by atoms with Crippen LogP contribution < -0.4 is 4.72 Å². The average molecular weight is 270 g/mol. The molecule has 1 saturated heterocycles. The van der Waals surface area contributed by atoms with E-state index >= 15 is 0 Å². The van der Waals surface area contributed by atoms with Crippen LogP contribution >= 0.6 is 0 Å². The van der Waals surface area contributed by atoms with Crippen molar-refractivity contribution in [2.45, 2.75) is 24.0 Å². The lowest BCUT2D eigenvalue weighted by molar-refractivity contribution is -0.00544. The lowest BCUT2D eigenvalue weighted by atomic mass is 10.3. The van der Waals surface area contributed by atoms with E-state index < -0.39 is 10.0 Å². The van der Waals surface area contributed by atoms with Crippen molar-refractivity contribution in [1.82, 2.24) is 9.62 Å². The highest BCUT2D eigenvalue weighted by molar-refractivity contribution is 7.89. The van der Waals surface area contributed by atoms with Gasteiger partial charge in [0.1, 0.15) is 6.23 Å². The van der Waals surface area contributed by atoms with E-state index in [-0.39, 0.29) is 17.8 Å². The second kappa shape index (κ2) is 5.79. The van der Waals surface area contributed by atoms with Crippen LogP contribution in [0.1, 0.15) is 12.8 Å². The highest BCUT2D eigenvalue weighted by atomic mass is 32.2. The van der Waals surface area contributed by atoms with Crippen molar-refractivity contribution in [2.24, 2.45) is 0 Å². The van der Waals surface area contributed by atoms with Crippen molar-refractivity contribution in [3.05, 3.63) is 30.3 Å². The number of hydrogen-bond donors (Lipinski definition) is 1. The summed E-state index contributed by atoms with van der Waals surface area (Å²) in [4.78, 5) is 2.15. The molecule has 2 rings (SSSR count). The van der Waals surface area contributed by atoms with E-state index in [1.165, 1.54) is 0 Å². The Morgan fingerprint density at radius 3 is 2.72 bits per heavy atom. The molecule has 1 N–H and O–H groups in total. The number of sulfonamides is 1. The Balaban J connectivity index is 1.93. The van der Waals surface area contributed by atoms with Crippen LogP contribution in [0.25, 0.3) is 0 Å². The van der Waals surface area contributed by atoms with Gasteiger partial charge in [-0.3, -0.25) is 4.90 Å². The standard InChI is InChI=1S/C12H18N2O3S/c1-14(12-8-5-9-17-12)10-13-18(15,16)11-6-3-2-4-7-11/h2-4,6-7,12-13H,5,8-10H2,1H3. The van der Waals surface area contributed by atoms with Crippen molar-refractivity contribution in [2.75, 3.05) is 20.3 Å². The minimum absolute atomic E-state index is 0.0171. The molecule has 0 saturated carbocycles. The van der Waals surface area contributed by atoms with Gasteiger partial charge < -0.3 is 4.74 Å². The second-order valence-electron chi connectivity index (χ2n) is 4.34. The maximum absolute atomic E-state index is 12.0. The summed E-state index contributed by atoms with van der Waals surface area (Å²) in [6.45, 7) is 1.00. The average Bonchev–Trinajstić information content (AvgIpc) is 2.91. The smallest absolute Gasteiger partial charge is 0.241 e. The summed E-state index contributed by atoms with van der Waals surface area (Å²) in [5, 5.41) is 0. The van der Waals surface area contributed by atoms with E-state index in [9.17, 15) is 8.42 Å². The van der Waals surface area contributed by atoms with Gasteiger partial charge in [0.25, 0.3) is 0 Å². The Kier molecular flexibility index (Phi) is 4.34. The molecule has 1 aromatic carbocycles. The number of rotatable bonds is 5. The molecular formula is C12H18N2O3S. The molecule has 0 spiro atoms. The van der Waals surface area contributed by atoms with E-state index in [4.69, 9.17) is 4.74 Å². The molecule has 5 nitrogen and oxygen atoms in total. The third kappa shape index (κ3) is 3.29. The summed E-state index contributed by atoms with van der Waals surface area (Å²) < 4.78 is 32.0. The SMILES string of the molecule is CN(CNS(=O)(=O)c1ccccc1)C1CCCO1. The molecule has 0 amide bonds. The first kappa shape index (κ1) is 13.5. The maximum Gasteiger partial charge on any atom is 0.241 e. The van der Waals surface area contributed by atoms with Gasteiger partial charge in [-0.15, -0.1) is 0 Å². The number of benzene rings is 1. The molecule has 100 valence electrons. The maximum atomic E-state index is 12.0. The topological polar surface area (TPSA) is 58.6 Å². The summed E-state index contributed by atoms with van der Waals surface area (Å²) >= 11 is 0. The summed E-state index contributed by atoms with van der Waals surface area (Å²) in [7, 11) is -1.58. The Bertz CT molecular complexity index is 469. The first-order valence-corrected chi connectivity index (χ1v) is 7.44. The summed E-state index contributed by atoms with van der Waals surface area (Å²) in [5.74, 6) is 0. The van der Waals surface area contributed by atoms with E-state index in [1.807, 2.05) is 11.9 Å². The number of nitrogens with one attached hydrogen (secondary N) is 1. The van der Waals surface area contributed by atoms with Gasteiger partial charge >= 0.3 is 0 Å². The van der Waals surface area contributed by atoms with Crippen molar-refractivity contribution >= 4 is 10.0 Å². The zero-order chi connectivity index (χ0) is 13.0. The fourth-order valence-corrected chi connectivity index (χ4v) is 2.94. The Morgan fingerprint density at radius 2 is 2.11 bits per heavy atom. The summed E-state index contributed by atoms with van der Waals surface area (Å²) in [6.07, 6.45) is 1.99. The van der Waals surface area contributed by atoms with Gasteiger partial charge in [0.2, 0.25) is 10.0 Å². The van der Waals surface area contributed by atoms with Gasteiger partial charge in [0.05, 0.1) is 11.6 Å². The second-order valence-corrected chi connectivity index (χ2v) is 6.11. The molecule has 0 aliphatic carbocycles. The Hall–Kier alpha value is -0.950. The number of ether oxygens (including phenoxy) is 1. The van der Waals surface area contributed by atoms with E-state index in [2.05, 4.69) is 4.72 Å². The minimum Gasteiger partial charge on any atom is -0.363 e. The molecule has 1 heterocycles. The molecule has 1 aliphatic heterocycles. The Morgan fingerprint density at radius 1 is 1.39 bits per heavy atom. The monoisotopic (exact) mass is 270 g/mol. The number of nitrogens with zero attached hydrogens (tertiary/aromatic N) is 1. The zero-order valence-electron chi connectivity index (χ0n) is 10.4. The predicted octanol–water partition coefficient (Wildman–Crippen LogP) is 0.991. The van der Waals surface area contributed by atoms with Crippen molar-refractivity contribution in [3.63, 3.8) is 0 Å². The van der Waals surface area contributed by atoms with Crippen molar-refractivity contribution < 1.29 is 13.2 Å². The van der Waals surface area contributed by atoms with Crippen molar-refractivity contribution in [3.8, 4) is 0 Å². The van der Waals surface area contributed by atoms with Crippen LogP contribution in [0.15, 0.2) is 35.2 Å². The zero-order valence-corrected chi connectivity index (χ0v) is 11.2. The highest BCUT2D eigenvalue weighted by Crippen LogP contribution is 2.14. The van der Waals surface area contributed by atoms with Crippen molar-refractivity contribution in [1.29, 1.82) is 0 Å². The fourth-order valence-electron chi connectivity index (χ4n) is 1.88. The minimum atomic E-state index is -3.43. The van der Waals surface area contributed by atoms with Gasteiger partial charge in [-0.05, 0) is 32.0 Å². The number of hydrogen-bond acceptors (Lipinski definition) is 4. The van der Waals surface area contributed by atoms with Crippen LogP contribution in [0.3, 0.4) is 0 Å². The normalized spacial score (nSPS) is 20.4. The summed E-state index contributed by atoms with van der Waals surface area (Å²) in [5.41, 5.74) is 0. The quantitative estimate of drug-likeness (QED) is 0.811. The van der Waals surface area contributed by atoms with Crippen LogP contribution in [0, 0.1) is 0 Å². The van der Waals surface area contributed by atoms with Crippen LogP contribution in [0.5, 0.6) is 0 Å². The largest absolute Gasteiger partial charge is 0.363 e. The highest BCUT2D eigenvalue weighted by Gasteiger charge is 2.21. The van der Waals surface area contributed by atoms with Gasteiger partial charge in [0, 0.05) is 6.61 Å². The predicted molar refractivity (Wildman–Crippen MR) is 68.4 cm³/mol. The third-order valence-electron chi connectivity index (χ3n) is 2.95. The molecule has 1 unspecified atom stereocenters. The fraction of sp³-hybridized carbons (Fsp3) is 0.500. The van der Waals surface area contributed by atoms with Crippen LogP contribution in [-0.2, 0) is 14.8 Å². The molecule has 18 heavy (non-hydrogen) atoms. The van der Waals surface area contributed by atoms with E-state index in [0.29, 0.717) is 0 Å². The van der Waals surface area contributed by atoms with E-state index in [1.54, 1.807) is 30.3 Å². The molecule has 1 aliphatic rings. The molecular weight excluding hydrogens is 252 g/mol. The van der Waals surface area contributed by atoms with Crippen LogP contribution in [0.2, 0.25) is 0 Å².